The van der Waals surface area contributed by atoms with Crippen LogP contribution in [0.25, 0.3) is 33.8 Å². The van der Waals surface area contributed by atoms with Gasteiger partial charge >= 0.3 is 5.69 Å². The molecule has 0 aliphatic carbocycles. The van der Waals surface area contributed by atoms with Gasteiger partial charge in [-0.3, -0.25) is 9.36 Å². The lowest BCUT2D eigenvalue weighted by Gasteiger charge is -2.12. The Balaban J connectivity index is 1.50. The van der Waals surface area contributed by atoms with E-state index >= 15 is 0 Å². The molecule has 0 atom stereocenters. The van der Waals surface area contributed by atoms with E-state index in [1.54, 1.807) is 17.6 Å². The second-order valence-electron chi connectivity index (χ2n) is 8.67. The fraction of sp³-hybridized carbons (Fsp3) is 0.179. The maximum atomic E-state index is 13.1. The second-order valence-corrected chi connectivity index (χ2v) is 8.67. The zero-order valence-corrected chi connectivity index (χ0v) is 20.2. The molecule has 2 aromatic heterocycles. The summed E-state index contributed by atoms with van der Waals surface area (Å²) in [6.45, 7) is 4.06. The van der Waals surface area contributed by atoms with Crippen LogP contribution in [0.3, 0.4) is 0 Å². The van der Waals surface area contributed by atoms with E-state index in [9.17, 15) is 9.59 Å². The lowest BCUT2D eigenvalue weighted by atomic mass is 9.98. The number of imidazole rings is 1. The Bertz CT molecular complexity index is 1560. The average Bonchev–Trinajstić information content (AvgIpc) is 3.54. The SMILES string of the molecule is CCCc1c(-c2ccccc2C(C)=O)[nH]c(=O)n1Cc1ccc(-c2ccccc2-c2nn[nH]n2)cc1. The second kappa shape index (κ2) is 9.95. The van der Waals surface area contributed by atoms with Gasteiger partial charge in [-0.05, 0) is 35.2 Å². The van der Waals surface area contributed by atoms with E-state index in [2.05, 4.69) is 32.5 Å². The molecular formula is C28H26N6O2. The van der Waals surface area contributed by atoms with Crippen LogP contribution in [0.1, 0.15) is 41.9 Å². The molecule has 8 heteroatoms. The molecule has 0 spiro atoms. The predicted octanol–water partition coefficient (Wildman–Crippen LogP) is 4.89. The van der Waals surface area contributed by atoms with Gasteiger partial charge < -0.3 is 4.98 Å². The van der Waals surface area contributed by atoms with Crippen molar-refractivity contribution in [2.45, 2.75) is 33.2 Å². The highest BCUT2D eigenvalue weighted by molar-refractivity contribution is 6.00. The number of aromatic nitrogens is 6. The van der Waals surface area contributed by atoms with E-state index in [0.717, 1.165) is 52.0 Å². The van der Waals surface area contributed by atoms with Crippen LogP contribution in [0.5, 0.6) is 0 Å². The molecule has 5 aromatic rings. The van der Waals surface area contributed by atoms with Gasteiger partial charge in [-0.2, -0.15) is 5.21 Å². The van der Waals surface area contributed by atoms with E-state index < -0.39 is 0 Å². The summed E-state index contributed by atoms with van der Waals surface area (Å²) in [5.41, 5.74) is 6.72. The van der Waals surface area contributed by atoms with Crippen molar-refractivity contribution in [1.29, 1.82) is 0 Å². The van der Waals surface area contributed by atoms with Gasteiger partial charge in [0.25, 0.3) is 0 Å². The number of carbonyl (C=O) groups excluding carboxylic acids is 1. The van der Waals surface area contributed by atoms with Gasteiger partial charge in [0.1, 0.15) is 0 Å². The fourth-order valence-electron chi connectivity index (χ4n) is 4.58. The maximum absolute atomic E-state index is 13.1. The summed E-state index contributed by atoms with van der Waals surface area (Å²) in [5, 5.41) is 14.4. The first-order valence-corrected chi connectivity index (χ1v) is 11.9. The van der Waals surface area contributed by atoms with Crippen LogP contribution in [0.15, 0.2) is 77.6 Å². The molecule has 0 fully saturated rings. The van der Waals surface area contributed by atoms with E-state index in [0.29, 0.717) is 17.9 Å². The van der Waals surface area contributed by atoms with Crippen LogP contribution in [-0.4, -0.2) is 36.0 Å². The number of rotatable bonds is 8. The molecule has 0 aliphatic rings. The number of nitrogens with zero attached hydrogens (tertiary/aromatic N) is 4. The predicted molar refractivity (Wildman–Crippen MR) is 139 cm³/mol. The lowest BCUT2D eigenvalue weighted by Crippen LogP contribution is -2.19. The number of hydrogen-bond donors (Lipinski definition) is 2. The van der Waals surface area contributed by atoms with Crippen molar-refractivity contribution in [3.63, 3.8) is 0 Å². The fourth-order valence-corrected chi connectivity index (χ4v) is 4.58. The molecule has 0 saturated carbocycles. The number of carbonyl (C=O) groups is 1. The average molecular weight is 479 g/mol. The summed E-state index contributed by atoms with van der Waals surface area (Å²) in [4.78, 5) is 28.3. The van der Waals surface area contributed by atoms with Crippen LogP contribution in [0.4, 0.5) is 0 Å². The summed E-state index contributed by atoms with van der Waals surface area (Å²) >= 11 is 0. The minimum absolute atomic E-state index is 0.0293. The topological polar surface area (TPSA) is 109 Å². The highest BCUT2D eigenvalue weighted by Crippen LogP contribution is 2.30. The van der Waals surface area contributed by atoms with Gasteiger partial charge in [-0.1, -0.05) is 86.1 Å². The highest BCUT2D eigenvalue weighted by atomic mass is 16.1. The van der Waals surface area contributed by atoms with Crippen molar-refractivity contribution in [3.8, 4) is 33.8 Å². The van der Waals surface area contributed by atoms with Crippen LogP contribution in [-0.2, 0) is 13.0 Å². The summed E-state index contributed by atoms with van der Waals surface area (Å²) in [6.07, 6.45) is 1.59. The first-order chi connectivity index (χ1) is 17.6. The van der Waals surface area contributed by atoms with Crippen molar-refractivity contribution in [2.75, 3.05) is 0 Å². The number of tetrazole rings is 1. The largest absolute Gasteiger partial charge is 0.326 e. The van der Waals surface area contributed by atoms with Gasteiger partial charge in [0.15, 0.2) is 5.78 Å². The van der Waals surface area contributed by atoms with E-state index in [1.807, 2.05) is 66.7 Å². The van der Waals surface area contributed by atoms with Crippen LogP contribution >= 0.6 is 0 Å². The molecular weight excluding hydrogens is 452 g/mol. The van der Waals surface area contributed by atoms with Gasteiger partial charge in [-0.15, -0.1) is 10.2 Å². The third-order valence-corrected chi connectivity index (χ3v) is 6.27. The van der Waals surface area contributed by atoms with Gasteiger partial charge in [0.05, 0.1) is 12.2 Å². The Hall–Kier alpha value is -4.59. The first-order valence-electron chi connectivity index (χ1n) is 11.9. The molecule has 8 nitrogen and oxygen atoms in total. The zero-order chi connectivity index (χ0) is 25.1. The third kappa shape index (κ3) is 4.40. The van der Waals surface area contributed by atoms with E-state index in [-0.39, 0.29) is 11.5 Å². The summed E-state index contributed by atoms with van der Waals surface area (Å²) in [7, 11) is 0. The number of Topliss-reactive ketones (excluding diaryl/α,β-unsaturated/α-hetero) is 1. The Kier molecular flexibility index (Phi) is 6.40. The maximum Gasteiger partial charge on any atom is 0.326 e. The molecule has 0 aliphatic heterocycles. The summed E-state index contributed by atoms with van der Waals surface area (Å²) < 4.78 is 1.78. The quantitative estimate of drug-likeness (QED) is 0.309. The first kappa shape index (κ1) is 23.2. The molecule has 0 unspecified atom stereocenters. The highest BCUT2D eigenvalue weighted by Gasteiger charge is 2.19. The Labute approximate surface area is 208 Å². The van der Waals surface area contributed by atoms with Crippen molar-refractivity contribution in [3.05, 3.63) is 100 Å². The van der Waals surface area contributed by atoms with Crippen molar-refractivity contribution < 1.29 is 4.79 Å². The molecule has 0 amide bonds. The molecule has 2 N–H and O–H groups in total. The Morgan fingerprint density at radius 2 is 1.61 bits per heavy atom. The smallest absolute Gasteiger partial charge is 0.305 e. The summed E-state index contributed by atoms with van der Waals surface area (Å²) in [6, 6.07) is 23.5. The molecule has 3 aromatic carbocycles. The number of aromatic amines is 2. The zero-order valence-electron chi connectivity index (χ0n) is 20.2. The van der Waals surface area contributed by atoms with Crippen LogP contribution in [0.2, 0.25) is 0 Å². The normalized spacial score (nSPS) is 11.1. The minimum atomic E-state index is -0.182. The molecule has 5 rings (SSSR count). The molecule has 0 bridgehead atoms. The number of benzene rings is 3. The number of hydrogen-bond acceptors (Lipinski definition) is 5. The van der Waals surface area contributed by atoms with E-state index in [1.165, 1.54) is 0 Å². The molecule has 2 heterocycles. The summed E-state index contributed by atoms with van der Waals surface area (Å²) in [5.74, 6) is 0.509. The Morgan fingerprint density at radius 3 is 2.28 bits per heavy atom. The number of nitrogens with one attached hydrogen (secondary N) is 2. The third-order valence-electron chi connectivity index (χ3n) is 6.27. The minimum Gasteiger partial charge on any atom is -0.305 e. The van der Waals surface area contributed by atoms with Crippen LogP contribution < -0.4 is 5.69 Å². The number of H-pyrrole nitrogens is 2. The van der Waals surface area contributed by atoms with Gasteiger partial charge in [0.2, 0.25) is 5.82 Å². The van der Waals surface area contributed by atoms with Crippen LogP contribution in [0, 0.1) is 0 Å². The Morgan fingerprint density at radius 1 is 0.917 bits per heavy atom. The monoisotopic (exact) mass is 478 g/mol. The van der Waals surface area contributed by atoms with Crippen molar-refractivity contribution >= 4 is 5.78 Å². The molecule has 36 heavy (non-hydrogen) atoms. The van der Waals surface area contributed by atoms with Gasteiger partial charge in [-0.25, -0.2) is 4.79 Å². The van der Waals surface area contributed by atoms with Gasteiger partial charge in [0, 0.05) is 22.4 Å². The van der Waals surface area contributed by atoms with Crippen molar-refractivity contribution in [1.82, 2.24) is 30.2 Å². The number of ketones is 1. The molecule has 180 valence electrons. The van der Waals surface area contributed by atoms with E-state index in [4.69, 9.17) is 0 Å². The molecule has 0 saturated heterocycles. The standard InChI is InChI=1S/C28H26N6O2/c1-3-8-25-26(23-11-6-4-9-21(23)18(2)35)29-28(36)34(25)17-19-13-15-20(16-14-19)22-10-5-7-12-24(22)27-30-32-33-31-27/h4-7,9-16H,3,8,17H2,1-2H3,(H,29,36)(H,30,31,32,33). The molecule has 0 radical (unpaired) electrons. The lowest BCUT2D eigenvalue weighted by molar-refractivity contribution is 0.101. The van der Waals surface area contributed by atoms with Crippen molar-refractivity contribution in [2.24, 2.45) is 0 Å².